The topological polar surface area (TPSA) is 149 Å². The summed E-state index contributed by atoms with van der Waals surface area (Å²) in [5, 5.41) is 54.0. The van der Waals surface area contributed by atoms with E-state index in [0.717, 1.165) is 38.5 Å². The monoisotopic (exact) mass is 700 g/mol. The molecule has 9 heteroatoms. The van der Waals surface area contributed by atoms with Crippen LogP contribution in [0.1, 0.15) is 181 Å². The van der Waals surface area contributed by atoms with Crippen molar-refractivity contribution in [2.24, 2.45) is 0 Å². The normalized spacial score (nSPS) is 22.5. The van der Waals surface area contributed by atoms with Gasteiger partial charge >= 0.3 is 0 Å². The molecule has 1 amide bonds. The first kappa shape index (κ1) is 46.0. The van der Waals surface area contributed by atoms with Crippen LogP contribution in [0.4, 0.5) is 0 Å². The third-order valence-corrected chi connectivity index (χ3v) is 9.87. The Morgan fingerprint density at radius 1 is 0.673 bits per heavy atom. The number of rotatable bonds is 33. The van der Waals surface area contributed by atoms with E-state index in [2.05, 4.69) is 31.3 Å². The number of ether oxygens (including phenoxy) is 2. The van der Waals surface area contributed by atoms with Gasteiger partial charge in [0.15, 0.2) is 6.29 Å². The number of nitrogens with one attached hydrogen (secondary N) is 1. The Labute approximate surface area is 299 Å². The molecule has 7 unspecified atom stereocenters. The van der Waals surface area contributed by atoms with Gasteiger partial charge in [0.25, 0.3) is 0 Å². The van der Waals surface area contributed by atoms with Crippen LogP contribution in [0.5, 0.6) is 0 Å². The van der Waals surface area contributed by atoms with Gasteiger partial charge in [0.2, 0.25) is 5.91 Å². The molecule has 9 nitrogen and oxygen atoms in total. The zero-order valence-electron chi connectivity index (χ0n) is 31.5. The third-order valence-electron chi connectivity index (χ3n) is 9.87. The molecule has 0 aromatic rings. The summed E-state index contributed by atoms with van der Waals surface area (Å²) in [6, 6.07) is -0.714. The molecule has 0 aromatic heterocycles. The highest BCUT2D eigenvalue weighted by Crippen LogP contribution is 2.23. The zero-order valence-corrected chi connectivity index (χ0v) is 31.5. The minimum Gasteiger partial charge on any atom is -0.394 e. The summed E-state index contributed by atoms with van der Waals surface area (Å²) in [6.45, 7) is 3.79. The molecule has 1 saturated heterocycles. The molecule has 0 aromatic carbocycles. The van der Waals surface area contributed by atoms with E-state index in [1.165, 1.54) is 116 Å². The van der Waals surface area contributed by atoms with Crippen molar-refractivity contribution in [3.05, 3.63) is 12.2 Å². The highest BCUT2D eigenvalue weighted by molar-refractivity contribution is 5.76. The van der Waals surface area contributed by atoms with Gasteiger partial charge in [-0.3, -0.25) is 4.79 Å². The molecule has 0 spiro atoms. The van der Waals surface area contributed by atoms with Crippen molar-refractivity contribution in [1.82, 2.24) is 5.32 Å². The second-order valence-electron chi connectivity index (χ2n) is 14.4. The predicted octanol–water partition coefficient (Wildman–Crippen LogP) is 7.39. The van der Waals surface area contributed by atoms with E-state index in [1.54, 1.807) is 0 Å². The van der Waals surface area contributed by atoms with Gasteiger partial charge in [-0.25, -0.2) is 0 Å². The number of aliphatic hydroxyl groups excluding tert-OH is 5. The Kier molecular flexibility index (Phi) is 29.7. The number of carbonyl (C=O) groups excluding carboxylic acids is 1. The molecule has 1 heterocycles. The summed E-state index contributed by atoms with van der Waals surface area (Å²) in [5.41, 5.74) is 0. The number of hydrogen-bond acceptors (Lipinski definition) is 8. The largest absolute Gasteiger partial charge is 0.394 e. The lowest BCUT2D eigenvalue weighted by Gasteiger charge is -2.40. The average Bonchev–Trinajstić information content (AvgIpc) is 3.10. The summed E-state index contributed by atoms with van der Waals surface area (Å²) in [7, 11) is 0. The van der Waals surface area contributed by atoms with Crippen molar-refractivity contribution in [3.8, 4) is 0 Å². The van der Waals surface area contributed by atoms with Crippen LogP contribution >= 0.6 is 0 Å². The molecular formula is C40H77NO8. The van der Waals surface area contributed by atoms with Gasteiger partial charge in [0.05, 0.1) is 25.4 Å². The predicted molar refractivity (Wildman–Crippen MR) is 198 cm³/mol. The first-order valence-electron chi connectivity index (χ1n) is 20.4. The number of aliphatic hydroxyl groups is 5. The SMILES string of the molecule is CCCCCCCC/C=C\CCCCCCCCCC(=O)NC(COC1OC(CO)C(O)C(O)C1O)C(O)CCCCCCCCCCC. The van der Waals surface area contributed by atoms with E-state index >= 15 is 0 Å². The van der Waals surface area contributed by atoms with Crippen LogP contribution in [0, 0.1) is 0 Å². The smallest absolute Gasteiger partial charge is 0.220 e. The van der Waals surface area contributed by atoms with Crippen molar-refractivity contribution in [2.45, 2.75) is 224 Å². The van der Waals surface area contributed by atoms with E-state index in [1.807, 2.05) is 0 Å². The molecule has 7 atom stereocenters. The van der Waals surface area contributed by atoms with Gasteiger partial charge in [0, 0.05) is 6.42 Å². The lowest BCUT2D eigenvalue weighted by Crippen LogP contribution is -2.60. The third kappa shape index (κ3) is 23.2. The van der Waals surface area contributed by atoms with E-state index in [4.69, 9.17) is 9.47 Å². The van der Waals surface area contributed by atoms with E-state index in [9.17, 15) is 30.3 Å². The molecule has 0 aliphatic carbocycles. The molecule has 1 fully saturated rings. The number of hydrogen-bond donors (Lipinski definition) is 6. The van der Waals surface area contributed by atoms with Crippen LogP contribution < -0.4 is 5.32 Å². The van der Waals surface area contributed by atoms with Crippen molar-refractivity contribution in [1.29, 1.82) is 0 Å². The van der Waals surface area contributed by atoms with Gasteiger partial charge in [-0.15, -0.1) is 0 Å². The van der Waals surface area contributed by atoms with Gasteiger partial charge in [-0.1, -0.05) is 148 Å². The van der Waals surface area contributed by atoms with Crippen LogP contribution in [-0.4, -0.2) is 87.5 Å². The maximum Gasteiger partial charge on any atom is 0.220 e. The second kappa shape index (κ2) is 31.6. The number of unbranched alkanes of at least 4 members (excludes halogenated alkanes) is 21. The van der Waals surface area contributed by atoms with E-state index < -0.39 is 49.5 Å². The fourth-order valence-corrected chi connectivity index (χ4v) is 6.51. The summed E-state index contributed by atoms with van der Waals surface area (Å²) < 4.78 is 11.2. The molecule has 1 aliphatic heterocycles. The Morgan fingerprint density at radius 2 is 1.14 bits per heavy atom. The molecule has 0 saturated carbocycles. The molecule has 49 heavy (non-hydrogen) atoms. The van der Waals surface area contributed by atoms with Gasteiger partial charge < -0.3 is 40.3 Å². The Balaban J connectivity index is 2.35. The summed E-state index contributed by atoms with van der Waals surface area (Å²) in [6.07, 6.45) is 26.5. The Morgan fingerprint density at radius 3 is 1.65 bits per heavy atom. The van der Waals surface area contributed by atoms with Crippen LogP contribution in [0.2, 0.25) is 0 Å². The highest BCUT2D eigenvalue weighted by Gasteiger charge is 2.44. The number of allylic oxidation sites excluding steroid dienone is 2. The quantitative estimate of drug-likeness (QED) is 0.0307. The highest BCUT2D eigenvalue weighted by atomic mass is 16.7. The van der Waals surface area contributed by atoms with Crippen LogP contribution in [0.15, 0.2) is 12.2 Å². The minimum absolute atomic E-state index is 0.138. The molecular weight excluding hydrogens is 622 g/mol. The molecule has 0 radical (unpaired) electrons. The van der Waals surface area contributed by atoms with Crippen LogP contribution in [-0.2, 0) is 14.3 Å². The first-order valence-corrected chi connectivity index (χ1v) is 20.4. The van der Waals surface area contributed by atoms with Crippen molar-refractivity contribution >= 4 is 5.91 Å². The van der Waals surface area contributed by atoms with Gasteiger partial charge in [-0.2, -0.15) is 0 Å². The zero-order chi connectivity index (χ0) is 36.0. The summed E-state index contributed by atoms with van der Waals surface area (Å²) >= 11 is 0. The summed E-state index contributed by atoms with van der Waals surface area (Å²) in [5.74, 6) is -0.152. The maximum atomic E-state index is 12.9. The van der Waals surface area contributed by atoms with E-state index in [-0.39, 0.29) is 12.5 Å². The van der Waals surface area contributed by atoms with Crippen molar-refractivity contribution < 1.29 is 39.8 Å². The Hall–Kier alpha value is -1.07. The molecule has 0 bridgehead atoms. The standard InChI is InChI=1S/C40H77NO8/c1-3-5-7-9-11-13-14-15-16-17-18-19-20-22-24-26-28-30-36(44)41-33(34(43)29-27-25-23-21-12-10-8-6-4-2)32-48-40-39(47)38(46)37(45)35(31-42)49-40/h15-16,33-35,37-40,42-43,45-47H,3-14,17-32H2,1-2H3,(H,41,44)/b16-15-. The lowest BCUT2D eigenvalue weighted by molar-refractivity contribution is -0.302. The lowest BCUT2D eigenvalue weighted by atomic mass is 9.99. The van der Waals surface area contributed by atoms with Crippen molar-refractivity contribution in [2.75, 3.05) is 13.2 Å². The molecule has 290 valence electrons. The molecule has 1 rings (SSSR count). The van der Waals surface area contributed by atoms with Crippen molar-refractivity contribution in [3.63, 3.8) is 0 Å². The van der Waals surface area contributed by atoms with Gasteiger partial charge in [0.1, 0.15) is 24.4 Å². The van der Waals surface area contributed by atoms with Crippen LogP contribution in [0.3, 0.4) is 0 Å². The average molecular weight is 700 g/mol. The summed E-state index contributed by atoms with van der Waals surface area (Å²) in [4.78, 5) is 12.9. The fraction of sp³-hybridized carbons (Fsp3) is 0.925. The maximum absolute atomic E-state index is 12.9. The van der Waals surface area contributed by atoms with Crippen LogP contribution in [0.25, 0.3) is 0 Å². The molecule has 6 N–H and O–H groups in total. The number of amides is 1. The van der Waals surface area contributed by atoms with E-state index in [0.29, 0.717) is 12.8 Å². The Bertz CT molecular complexity index is 781. The van der Waals surface area contributed by atoms with Gasteiger partial charge in [-0.05, 0) is 38.5 Å². The fourth-order valence-electron chi connectivity index (χ4n) is 6.51. The first-order chi connectivity index (χ1) is 23.8. The molecule has 1 aliphatic rings. The second-order valence-corrected chi connectivity index (χ2v) is 14.4. The minimum atomic E-state index is -1.55. The number of carbonyl (C=O) groups is 1.